The predicted molar refractivity (Wildman–Crippen MR) is 103 cm³/mol. The molecule has 3 rings (SSSR count). The summed E-state index contributed by atoms with van der Waals surface area (Å²) in [7, 11) is -3.72. The maximum Gasteiger partial charge on any atom is 0.261 e. The van der Waals surface area contributed by atoms with Crippen molar-refractivity contribution >= 4 is 27.3 Å². The van der Waals surface area contributed by atoms with Gasteiger partial charge in [-0.25, -0.2) is 12.8 Å². The molecule has 0 spiro atoms. The lowest BCUT2D eigenvalue weighted by atomic mass is 10.1. The third kappa shape index (κ3) is 4.32. The molecular formula is C20H17FN2O3S. The minimum Gasteiger partial charge on any atom is -0.319 e. The number of aryl methyl sites for hydroxylation is 1. The van der Waals surface area contributed by atoms with Gasteiger partial charge < -0.3 is 5.32 Å². The number of nitrogens with one attached hydrogen (secondary N) is 2. The van der Waals surface area contributed by atoms with Gasteiger partial charge in [-0.05, 0) is 55.0 Å². The van der Waals surface area contributed by atoms with Crippen LogP contribution >= 0.6 is 0 Å². The number of para-hydroxylation sites is 1. The van der Waals surface area contributed by atoms with Crippen LogP contribution in [0.15, 0.2) is 77.7 Å². The molecule has 7 heteroatoms. The van der Waals surface area contributed by atoms with E-state index in [1.165, 1.54) is 42.5 Å². The van der Waals surface area contributed by atoms with Crippen molar-refractivity contribution in [3.05, 3.63) is 89.7 Å². The minimum atomic E-state index is -3.72. The van der Waals surface area contributed by atoms with Gasteiger partial charge in [0.25, 0.3) is 15.9 Å². The molecule has 1 amide bonds. The molecule has 0 aromatic heterocycles. The first-order chi connectivity index (χ1) is 12.9. The van der Waals surface area contributed by atoms with Crippen molar-refractivity contribution in [3.8, 4) is 0 Å². The zero-order valence-corrected chi connectivity index (χ0v) is 15.3. The molecule has 0 heterocycles. The van der Waals surface area contributed by atoms with E-state index in [0.717, 1.165) is 0 Å². The standard InChI is InChI=1S/C20H17FN2O3S/c1-14-13-15(20(24)22-19-10-6-5-9-17(19)21)11-12-18(14)23-27(25,26)16-7-3-2-4-8-16/h2-13,23H,1H3,(H,22,24). The normalized spacial score (nSPS) is 11.0. The molecular weight excluding hydrogens is 367 g/mol. The summed E-state index contributed by atoms with van der Waals surface area (Å²) in [4.78, 5) is 12.5. The lowest BCUT2D eigenvalue weighted by molar-refractivity contribution is 0.102. The van der Waals surface area contributed by atoms with Crippen molar-refractivity contribution in [2.24, 2.45) is 0 Å². The molecule has 0 bridgehead atoms. The van der Waals surface area contributed by atoms with Crippen LogP contribution in [0.25, 0.3) is 0 Å². The number of benzene rings is 3. The highest BCUT2D eigenvalue weighted by molar-refractivity contribution is 7.92. The quantitative estimate of drug-likeness (QED) is 0.693. The molecule has 0 saturated heterocycles. The summed E-state index contributed by atoms with van der Waals surface area (Å²) in [5, 5.41) is 2.49. The number of halogens is 1. The van der Waals surface area contributed by atoms with E-state index in [1.54, 1.807) is 37.3 Å². The Kier molecular flexibility index (Phi) is 5.23. The fourth-order valence-corrected chi connectivity index (χ4v) is 3.63. The SMILES string of the molecule is Cc1cc(C(=O)Nc2ccccc2F)ccc1NS(=O)(=O)c1ccccc1. The van der Waals surface area contributed by atoms with Crippen molar-refractivity contribution in [1.29, 1.82) is 0 Å². The Labute approximate surface area is 156 Å². The van der Waals surface area contributed by atoms with Crippen LogP contribution in [0.2, 0.25) is 0 Å². The van der Waals surface area contributed by atoms with Crippen molar-refractivity contribution in [1.82, 2.24) is 0 Å². The molecule has 27 heavy (non-hydrogen) atoms. The zero-order chi connectivity index (χ0) is 19.4. The maximum atomic E-state index is 13.7. The van der Waals surface area contributed by atoms with Gasteiger partial charge in [-0.3, -0.25) is 9.52 Å². The predicted octanol–water partition coefficient (Wildman–Crippen LogP) is 4.19. The molecule has 0 atom stereocenters. The monoisotopic (exact) mass is 384 g/mol. The summed E-state index contributed by atoms with van der Waals surface area (Å²) in [6, 6.07) is 18.4. The molecule has 5 nitrogen and oxygen atoms in total. The molecule has 0 aliphatic carbocycles. The van der Waals surface area contributed by atoms with Crippen LogP contribution in [0.1, 0.15) is 15.9 Å². The summed E-state index contributed by atoms with van der Waals surface area (Å²) >= 11 is 0. The van der Waals surface area contributed by atoms with E-state index in [1.807, 2.05) is 0 Å². The first kappa shape index (κ1) is 18.6. The van der Waals surface area contributed by atoms with Crippen molar-refractivity contribution < 1.29 is 17.6 Å². The average Bonchev–Trinajstić information content (AvgIpc) is 2.66. The van der Waals surface area contributed by atoms with Gasteiger partial charge in [-0.1, -0.05) is 30.3 Å². The third-order valence-corrected chi connectivity index (χ3v) is 5.29. The van der Waals surface area contributed by atoms with Gasteiger partial charge in [0.05, 0.1) is 16.3 Å². The van der Waals surface area contributed by atoms with Gasteiger partial charge in [-0.2, -0.15) is 0 Å². The number of sulfonamides is 1. The minimum absolute atomic E-state index is 0.0778. The van der Waals surface area contributed by atoms with Gasteiger partial charge >= 0.3 is 0 Å². The van der Waals surface area contributed by atoms with Gasteiger partial charge in [0, 0.05) is 5.56 Å². The summed E-state index contributed by atoms with van der Waals surface area (Å²) in [6.45, 7) is 1.68. The third-order valence-electron chi connectivity index (χ3n) is 3.91. The number of carbonyl (C=O) groups excluding carboxylic acids is 1. The van der Waals surface area contributed by atoms with Crippen LogP contribution in [0.3, 0.4) is 0 Å². The Morgan fingerprint density at radius 2 is 1.56 bits per heavy atom. The van der Waals surface area contributed by atoms with E-state index in [-0.39, 0.29) is 10.6 Å². The molecule has 0 unspecified atom stereocenters. The Bertz CT molecular complexity index is 1080. The fraction of sp³-hybridized carbons (Fsp3) is 0.0500. The fourth-order valence-electron chi connectivity index (χ4n) is 2.48. The summed E-state index contributed by atoms with van der Waals surface area (Å²) in [5.41, 5.74) is 1.30. The summed E-state index contributed by atoms with van der Waals surface area (Å²) in [5.74, 6) is -1.02. The van der Waals surface area contributed by atoms with Crippen LogP contribution in [-0.4, -0.2) is 14.3 Å². The number of anilines is 2. The summed E-state index contributed by atoms with van der Waals surface area (Å²) in [6.07, 6.45) is 0. The Morgan fingerprint density at radius 3 is 2.22 bits per heavy atom. The van der Waals surface area contributed by atoms with Crippen LogP contribution in [0, 0.1) is 12.7 Å². The maximum absolute atomic E-state index is 13.7. The molecule has 0 fully saturated rings. The van der Waals surface area contributed by atoms with E-state index in [2.05, 4.69) is 10.0 Å². The number of amides is 1. The summed E-state index contributed by atoms with van der Waals surface area (Å²) < 4.78 is 41.0. The molecule has 138 valence electrons. The second-order valence-corrected chi connectivity index (χ2v) is 7.56. The Hall–Kier alpha value is -3.19. The smallest absolute Gasteiger partial charge is 0.261 e. The number of carbonyl (C=O) groups is 1. The molecule has 0 aliphatic rings. The molecule has 3 aromatic carbocycles. The van der Waals surface area contributed by atoms with E-state index >= 15 is 0 Å². The van der Waals surface area contributed by atoms with Gasteiger partial charge in [0.2, 0.25) is 0 Å². The highest BCUT2D eigenvalue weighted by atomic mass is 32.2. The number of hydrogen-bond donors (Lipinski definition) is 2. The van der Waals surface area contributed by atoms with Crippen LogP contribution in [-0.2, 0) is 10.0 Å². The van der Waals surface area contributed by atoms with Crippen molar-refractivity contribution in [3.63, 3.8) is 0 Å². The van der Waals surface area contributed by atoms with Crippen molar-refractivity contribution in [2.45, 2.75) is 11.8 Å². The van der Waals surface area contributed by atoms with Crippen LogP contribution < -0.4 is 10.0 Å². The number of hydrogen-bond acceptors (Lipinski definition) is 3. The topological polar surface area (TPSA) is 75.3 Å². The van der Waals surface area contributed by atoms with Gasteiger partial charge in [0.1, 0.15) is 5.82 Å². The molecule has 0 saturated carbocycles. The zero-order valence-electron chi connectivity index (χ0n) is 14.4. The lowest BCUT2D eigenvalue weighted by Gasteiger charge is -2.12. The second kappa shape index (κ2) is 7.59. The molecule has 0 radical (unpaired) electrons. The van der Waals surface area contributed by atoms with Crippen LogP contribution in [0.5, 0.6) is 0 Å². The van der Waals surface area contributed by atoms with E-state index in [4.69, 9.17) is 0 Å². The lowest BCUT2D eigenvalue weighted by Crippen LogP contribution is -2.15. The first-order valence-electron chi connectivity index (χ1n) is 8.11. The average molecular weight is 384 g/mol. The van der Waals surface area contributed by atoms with E-state index < -0.39 is 21.7 Å². The van der Waals surface area contributed by atoms with E-state index in [0.29, 0.717) is 16.8 Å². The highest BCUT2D eigenvalue weighted by Crippen LogP contribution is 2.22. The Morgan fingerprint density at radius 1 is 0.889 bits per heavy atom. The Balaban J connectivity index is 1.80. The molecule has 3 aromatic rings. The molecule has 0 aliphatic heterocycles. The second-order valence-electron chi connectivity index (χ2n) is 5.88. The number of rotatable bonds is 5. The molecule has 2 N–H and O–H groups in total. The van der Waals surface area contributed by atoms with E-state index in [9.17, 15) is 17.6 Å². The van der Waals surface area contributed by atoms with Crippen molar-refractivity contribution in [2.75, 3.05) is 10.0 Å². The first-order valence-corrected chi connectivity index (χ1v) is 9.59. The van der Waals surface area contributed by atoms with Gasteiger partial charge in [0.15, 0.2) is 0 Å². The highest BCUT2D eigenvalue weighted by Gasteiger charge is 2.16. The van der Waals surface area contributed by atoms with Crippen LogP contribution in [0.4, 0.5) is 15.8 Å². The largest absolute Gasteiger partial charge is 0.319 e. The van der Waals surface area contributed by atoms with Gasteiger partial charge in [-0.15, -0.1) is 0 Å².